The van der Waals surface area contributed by atoms with Gasteiger partial charge in [0.15, 0.2) is 0 Å². The Hall–Kier alpha value is -1.69. The van der Waals surface area contributed by atoms with Crippen molar-refractivity contribution in [3.05, 3.63) is 35.9 Å². The largest absolute Gasteiger partial charge is 0.480 e. The van der Waals surface area contributed by atoms with Crippen LogP contribution in [-0.2, 0) is 26.8 Å². The van der Waals surface area contributed by atoms with Crippen molar-refractivity contribution in [2.45, 2.75) is 24.5 Å². The molecule has 2 atom stereocenters. The van der Waals surface area contributed by atoms with Crippen molar-refractivity contribution in [1.29, 1.82) is 0 Å². The fourth-order valence-corrected chi connectivity index (χ4v) is 3.17. The molecule has 1 N–H and O–H groups in total. The summed E-state index contributed by atoms with van der Waals surface area (Å²) in [7, 11) is 1.83. The molecule has 0 aliphatic heterocycles. The molecule has 0 saturated heterocycles. The van der Waals surface area contributed by atoms with Crippen LogP contribution in [0.1, 0.15) is 18.4 Å². The molecule has 0 bridgehead atoms. The highest BCUT2D eigenvalue weighted by Gasteiger charge is 2.24. The summed E-state index contributed by atoms with van der Waals surface area (Å²) >= 11 is 0. The molecule has 6 heteroatoms. The Bertz CT molecular complexity index is 502. The van der Waals surface area contributed by atoms with Gasteiger partial charge in [-0.15, -0.1) is 0 Å². The normalized spacial score (nSPS) is 13.4. The Morgan fingerprint density at radius 3 is 2.38 bits per heavy atom. The SMILES string of the molecule is CN(C)C(=O)CCCS(=O)C(Cc1ccccc1)C(=O)O. The standard InChI is InChI=1S/C15H21NO4S/c1-16(2)14(17)9-6-10-21(20)13(15(18)19)11-12-7-4-3-5-8-12/h3-5,7-8,13H,6,9-11H2,1-2H3,(H,18,19). The van der Waals surface area contributed by atoms with Gasteiger partial charge in [-0.2, -0.15) is 0 Å². The number of rotatable bonds is 8. The number of carboxylic acids is 1. The van der Waals surface area contributed by atoms with Crippen LogP contribution in [0.25, 0.3) is 0 Å². The van der Waals surface area contributed by atoms with Gasteiger partial charge >= 0.3 is 5.97 Å². The van der Waals surface area contributed by atoms with Gasteiger partial charge in [-0.3, -0.25) is 13.8 Å². The lowest BCUT2D eigenvalue weighted by atomic mass is 10.1. The molecule has 0 aromatic heterocycles. The number of benzene rings is 1. The van der Waals surface area contributed by atoms with Crippen LogP contribution in [0.15, 0.2) is 30.3 Å². The lowest BCUT2D eigenvalue weighted by Gasteiger charge is -2.13. The van der Waals surface area contributed by atoms with Crippen molar-refractivity contribution in [3.8, 4) is 0 Å². The number of amides is 1. The van der Waals surface area contributed by atoms with Gasteiger partial charge in [-0.1, -0.05) is 30.3 Å². The van der Waals surface area contributed by atoms with Gasteiger partial charge in [0.25, 0.3) is 0 Å². The molecule has 0 heterocycles. The Morgan fingerprint density at radius 2 is 1.86 bits per heavy atom. The van der Waals surface area contributed by atoms with Crippen molar-refractivity contribution in [3.63, 3.8) is 0 Å². The zero-order chi connectivity index (χ0) is 15.8. The predicted molar refractivity (Wildman–Crippen MR) is 82.5 cm³/mol. The molecule has 0 radical (unpaired) electrons. The topological polar surface area (TPSA) is 74.7 Å². The molecule has 2 unspecified atom stereocenters. The molecule has 1 aromatic carbocycles. The number of aliphatic carboxylic acids is 1. The summed E-state index contributed by atoms with van der Waals surface area (Å²) < 4.78 is 12.1. The molecule has 0 fully saturated rings. The second kappa shape index (κ2) is 8.56. The summed E-state index contributed by atoms with van der Waals surface area (Å²) in [5.74, 6) is -0.873. The van der Waals surface area contributed by atoms with Gasteiger partial charge in [0.05, 0.1) is 0 Å². The lowest BCUT2D eigenvalue weighted by molar-refractivity contribution is -0.136. The molecule has 116 valence electrons. The number of hydrogen-bond acceptors (Lipinski definition) is 3. The molecule has 1 rings (SSSR count). The van der Waals surface area contributed by atoms with E-state index >= 15 is 0 Å². The number of carbonyl (C=O) groups is 2. The summed E-state index contributed by atoms with van der Waals surface area (Å²) in [6.45, 7) is 0. The fourth-order valence-electron chi connectivity index (χ4n) is 1.85. The minimum absolute atomic E-state index is 0.0399. The number of carboxylic acid groups (broad SMARTS) is 1. The number of hydrogen-bond donors (Lipinski definition) is 1. The van der Waals surface area contributed by atoms with Crippen LogP contribution in [0.3, 0.4) is 0 Å². The second-order valence-electron chi connectivity index (χ2n) is 4.99. The van der Waals surface area contributed by atoms with E-state index in [2.05, 4.69) is 0 Å². The van der Waals surface area contributed by atoms with Gasteiger partial charge in [0, 0.05) is 37.1 Å². The van der Waals surface area contributed by atoms with Gasteiger partial charge in [-0.05, 0) is 18.4 Å². The van der Waals surface area contributed by atoms with Crippen molar-refractivity contribution < 1.29 is 18.9 Å². The minimum atomic E-state index is -1.49. The number of carbonyl (C=O) groups excluding carboxylic acids is 1. The Kier molecular flexibility index (Phi) is 7.08. The fraction of sp³-hybridized carbons (Fsp3) is 0.467. The van der Waals surface area contributed by atoms with E-state index in [4.69, 9.17) is 0 Å². The molecule has 21 heavy (non-hydrogen) atoms. The summed E-state index contributed by atoms with van der Waals surface area (Å²) in [4.78, 5) is 24.2. The average molecular weight is 311 g/mol. The van der Waals surface area contributed by atoms with Crippen LogP contribution in [0.5, 0.6) is 0 Å². The van der Waals surface area contributed by atoms with Crippen LogP contribution in [-0.4, -0.2) is 51.2 Å². The van der Waals surface area contributed by atoms with Gasteiger partial charge in [-0.25, -0.2) is 0 Å². The van der Waals surface area contributed by atoms with Crippen molar-refractivity contribution in [2.24, 2.45) is 0 Å². The van der Waals surface area contributed by atoms with E-state index in [1.165, 1.54) is 4.90 Å². The summed E-state index contributed by atoms with van der Waals surface area (Å²) in [6, 6.07) is 9.15. The van der Waals surface area contributed by atoms with Crippen LogP contribution >= 0.6 is 0 Å². The first kappa shape index (κ1) is 17.4. The Labute approximate surface area is 127 Å². The first-order chi connectivity index (χ1) is 9.91. The first-order valence-corrected chi connectivity index (χ1v) is 8.14. The van der Waals surface area contributed by atoms with Gasteiger partial charge in [0.2, 0.25) is 5.91 Å². The molecule has 0 spiro atoms. The van der Waals surface area contributed by atoms with E-state index in [-0.39, 0.29) is 24.5 Å². The van der Waals surface area contributed by atoms with Gasteiger partial charge < -0.3 is 10.0 Å². The van der Waals surface area contributed by atoms with Crippen LogP contribution in [0.4, 0.5) is 0 Å². The molecule has 0 saturated carbocycles. The summed E-state index contributed by atoms with van der Waals surface area (Å²) in [6.07, 6.45) is 0.961. The number of nitrogens with zero attached hydrogens (tertiary/aromatic N) is 1. The molecule has 0 aliphatic rings. The third kappa shape index (κ3) is 6.08. The summed E-state index contributed by atoms with van der Waals surface area (Å²) in [5.41, 5.74) is 0.850. The van der Waals surface area contributed by atoms with E-state index in [0.29, 0.717) is 6.42 Å². The first-order valence-electron chi connectivity index (χ1n) is 6.76. The third-order valence-electron chi connectivity index (χ3n) is 3.09. The molecular weight excluding hydrogens is 290 g/mol. The maximum atomic E-state index is 12.1. The summed E-state index contributed by atoms with van der Waals surface area (Å²) in [5, 5.41) is 8.30. The van der Waals surface area contributed by atoms with E-state index in [1.54, 1.807) is 14.1 Å². The highest BCUT2D eigenvalue weighted by Crippen LogP contribution is 2.10. The second-order valence-corrected chi connectivity index (χ2v) is 6.73. The predicted octanol–water partition coefficient (Wildman–Crippen LogP) is 1.30. The average Bonchev–Trinajstić information content (AvgIpc) is 2.45. The Morgan fingerprint density at radius 1 is 1.24 bits per heavy atom. The molecule has 0 aliphatic carbocycles. The monoisotopic (exact) mass is 311 g/mol. The molecular formula is C15H21NO4S. The quantitative estimate of drug-likeness (QED) is 0.785. The van der Waals surface area contributed by atoms with Crippen LogP contribution in [0.2, 0.25) is 0 Å². The van der Waals surface area contributed by atoms with Gasteiger partial charge in [0.1, 0.15) is 5.25 Å². The maximum Gasteiger partial charge on any atom is 0.319 e. The zero-order valence-electron chi connectivity index (χ0n) is 12.3. The smallest absolute Gasteiger partial charge is 0.319 e. The highest BCUT2D eigenvalue weighted by atomic mass is 32.2. The molecule has 5 nitrogen and oxygen atoms in total. The van der Waals surface area contributed by atoms with E-state index in [0.717, 1.165) is 5.56 Å². The highest BCUT2D eigenvalue weighted by molar-refractivity contribution is 7.86. The Balaban J connectivity index is 2.54. The van der Waals surface area contributed by atoms with Crippen molar-refractivity contribution in [1.82, 2.24) is 4.90 Å². The van der Waals surface area contributed by atoms with E-state index in [1.807, 2.05) is 30.3 Å². The van der Waals surface area contributed by atoms with E-state index < -0.39 is 22.0 Å². The van der Waals surface area contributed by atoms with Crippen LogP contribution in [0, 0.1) is 0 Å². The minimum Gasteiger partial charge on any atom is -0.480 e. The van der Waals surface area contributed by atoms with Crippen molar-refractivity contribution in [2.75, 3.05) is 19.8 Å². The molecule has 1 aromatic rings. The zero-order valence-corrected chi connectivity index (χ0v) is 13.1. The third-order valence-corrected chi connectivity index (χ3v) is 4.79. The van der Waals surface area contributed by atoms with Crippen LogP contribution < -0.4 is 0 Å². The maximum absolute atomic E-state index is 12.1. The molecule has 1 amide bonds. The lowest BCUT2D eigenvalue weighted by Crippen LogP contribution is -2.30. The van der Waals surface area contributed by atoms with Crippen molar-refractivity contribution >= 4 is 22.7 Å². The van der Waals surface area contributed by atoms with E-state index in [9.17, 15) is 18.9 Å².